The normalized spacial score (nSPS) is 10.9. The van der Waals surface area contributed by atoms with E-state index in [0.717, 1.165) is 11.6 Å². The summed E-state index contributed by atoms with van der Waals surface area (Å²) in [6, 6.07) is 13.1. The number of benzene rings is 3. The Morgan fingerprint density at radius 1 is 1.03 bits per heavy atom. The summed E-state index contributed by atoms with van der Waals surface area (Å²) in [6.45, 7) is 0.0355. The smallest absolute Gasteiger partial charge is 0.338 e. The number of ether oxygens (including phenoxy) is 3. The molecule has 1 heterocycles. The van der Waals surface area contributed by atoms with Crippen LogP contribution in [0.15, 0.2) is 54.6 Å². The molecule has 0 aliphatic carbocycles. The predicted molar refractivity (Wildman–Crippen MR) is 114 cm³/mol. The van der Waals surface area contributed by atoms with Crippen molar-refractivity contribution in [3.05, 3.63) is 82.6 Å². The van der Waals surface area contributed by atoms with E-state index in [1.165, 1.54) is 31.4 Å². The monoisotopic (exact) mass is 458 g/mol. The van der Waals surface area contributed by atoms with Gasteiger partial charge < -0.3 is 18.8 Å². The number of fused-ring (bicyclic) bond motifs is 1. The molecule has 0 saturated carbocycles. The van der Waals surface area contributed by atoms with Gasteiger partial charge in [-0.3, -0.25) is 0 Å². The molecule has 4 aromatic rings. The van der Waals surface area contributed by atoms with E-state index in [4.69, 9.17) is 21.1 Å². The zero-order valence-electron chi connectivity index (χ0n) is 17.1. The van der Waals surface area contributed by atoms with Gasteiger partial charge in [0.05, 0.1) is 28.7 Å². The fraction of sp³-hybridized carbons (Fsp3) is 0.130. The first-order chi connectivity index (χ1) is 15.3. The third kappa shape index (κ3) is 4.50. The van der Waals surface area contributed by atoms with Crippen molar-refractivity contribution in [3.8, 4) is 17.2 Å². The Labute approximate surface area is 186 Å². The van der Waals surface area contributed by atoms with E-state index in [1.54, 1.807) is 35.9 Å². The van der Waals surface area contributed by atoms with Crippen LogP contribution in [0.5, 0.6) is 17.2 Å². The van der Waals surface area contributed by atoms with Crippen LogP contribution in [0.2, 0.25) is 5.02 Å². The summed E-state index contributed by atoms with van der Waals surface area (Å²) in [7, 11) is 3.01. The number of aromatic nitrogens is 2. The second-order valence-corrected chi connectivity index (χ2v) is 7.28. The number of hydrogen-bond acceptors (Lipinski definition) is 5. The summed E-state index contributed by atoms with van der Waals surface area (Å²) in [4.78, 5) is 16.2. The van der Waals surface area contributed by atoms with Crippen LogP contribution in [0.4, 0.5) is 8.78 Å². The molecule has 0 radical (unpaired) electrons. The highest BCUT2D eigenvalue weighted by Gasteiger charge is 2.13. The molecule has 0 aliphatic rings. The molecule has 0 saturated heterocycles. The van der Waals surface area contributed by atoms with Crippen molar-refractivity contribution in [3.63, 3.8) is 0 Å². The summed E-state index contributed by atoms with van der Waals surface area (Å²) in [5, 5.41) is 0.0149. The third-order valence-corrected chi connectivity index (χ3v) is 5.04. The largest absolute Gasteiger partial charge is 0.486 e. The van der Waals surface area contributed by atoms with E-state index in [-0.39, 0.29) is 22.9 Å². The van der Waals surface area contributed by atoms with Crippen molar-refractivity contribution in [2.75, 3.05) is 7.11 Å². The summed E-state index contributed by atoms with van der Waals surface area (Å²) >= 11 is 5.70. The Morgan fingerprint density at radius 2 is 1.78 bits per heavy atom. The molecule has 0 amide bonds. The van der Waals surface area contributed by atoms with Crippen molar-refractivity contribution >= 4 is 28.6 Å². The number of halogens is 3. The lowest BCUT2D eigenvalue weighted by molar-refractivity contribution is 0.0599. The van der Waals surface area contributed by atoms with Crippen LogP contribution in [-0.2, 0) is 18.4 Å². The lowest BCUT2D eigenvalue weighted by atomic mass is 10.2. The molecule has 0 bridgehead atoms. The number of aryl methyl sites for hydroxylation is 1. The van der Waals surface area contributed by atoms with E-state index in [0.29, 0.717) is 22.8 Å². The highest BCUT2D eigenvalue weighted by molar-refractivity contribution is 6.30. The standard InChI is InChI=1S/C23H17ClF2N2O4/c1-28-21-11-16(32-15-3-5-18(24)19(26)10-15)4-6-20(21)27-22(28)12-31-17-8-13(23(29)30-2)7-14(25)9-17/h3-11H,12H2,1-2H3. The van der Waals surface area contributed by atoms with Crippen LogP contribution >= 0.6 is 11.6 Å². The van der Waals surface area contributed by atoms with E-state index >= 15 is 0 Å². The van der Waals surface area contributed by atoms with Gasteiger partial charge in [0.2, 0.25) is 0 Å². The van der Waals surface area contributed by atoms with Crippen molar-refractivity contribution in [1.82, 2.24) is 9.55 Å². The minimum absolute atomic E-state index is 0.0149. The fourth-order valence-electron chi connectivity index (χ4n) is 3.12. The first kappa shape index (κ1) is 21.6. The quantitative estimate of drug-likeness (QED) is 0.349. The first-order valence-electron chi connectivity index (χ1n) is 9.44. The summed E-state index contributed by atoms with van der Waals surface area (Å²) in [6.07, 6.45) is 0. The molecule has 0 spiro atoms. The number of imidazole rings is 1. The van der Waals surface area contributed by atoms with Crippen molar-refractivity contribution in [1.29, 1.82) is 0 Å². The maximum absolute atomic E-state index is 13.8. The van der Waals surface area contributed by atoms with Crippen molar-refractivity contribution in [2.45, 2.75) is 6.61 Å². The second-order valence-electron chi connectivity index (χ2n) is 6.87. The summed E-state index contributed by atoms with van der Waals surface area (Å²) in [5.74, 6) is -0.312. The van der Waals surface area contributed by atoms with E-state index in [9.17, 15) is 13.6 Å². The minimum Gasteiger partial charge on any atom is -0.486 e. The number of carbonyl (C=O) groups is 1. The lowest BCUT2D eigenvalue weighted by Gasteiger charge is -2.09. The van der Waals surface area contributed by atoms with Crippen LogP contribution in [0.3, 0.4) is 0 Å². The van der Waals surface area contributed by atoms with Gasteiger partial charge in [0.25, 0.3) is 0 Å². The highest BCUT2D eigenvalue weighted by atomic mass is 35.5. The average Bonchev–Trinajstić information content (AvgIpc) is 3.09. The second kappa shape index (κ2) is 8.84. The molecule has 0 atom stereocenters. The molecule has 3 aromatic carbocycles. The van der Waals surface area contributed by atoms with Gasteiger partial charge in [-0.1, -0.05) is 11.6 Å². The van der Waals surface area contributed by atoms with Crippen LogP contribution in [0.25, 0.3) is 11.0 Å². The van der Waals surface area contributed by atoms with Gasteiger partial charge in [0.1, 0.15) is 41.3 Å². The molecule has 1 aromatic heterocycles. The van der Waals surface area contributed by atoms with Gasteiger partial charge in [-0.25, -0.2) is 18.6 Å². The molecule has 9 heteroatoms. The third-order valence-electron chi connectivity index (χ3n) is 4.73. The van der Waals surface area contributed by atoms with E-state index in [2.05, 4.69) is 9.72 Å². The van der Waals surface area contributed by atoms with Crippen molar-refractivity contribution < 1.29 is 27.8 Å². The van der Waals surface area contributed by atoms with Crippen LogP contribution in [-0.4, -0.2) is 22.6 Å². The molecule has 4 rings (SSSR count). The summed E-state index contributed by atoms with van der Waals surface area (Å²) < 4.78 is 45.3. The number of nitrogens with zero attached hydrogens (tertiary/aromatic N) is 2. The Hall–Kier alpha value is -3.65. The van der Waals surface area contributed by atoms with Gasteiger partial charge in [0.15, 0.2) is 0 Å². The van der Waals surface area contributed by atoms with Crippen LogP contribution in [0.1, 0.15) is 16.2 Å². The molecule has 6 nitrogen and oxygen atoms in total. The van der Waals surface area contributed by atoms with Crippen LogP contribution < -0.4 is 9.47 Å². The zero-order valence-corrected chi connectivity index (χ0v) is 17.8. The molecule has 164 valence electrons. The number of methoxy groups -OCH3 is 1. The molecular formula is C23H17ClF2N2O4. The fourth-order valence-corrected chi connectivity index (χ4v) is 3.24. The molecule has 0 aliphatic heterocycles. The number of esters is 1. The SMILES string of the molecule is COC(=O)c1cc(F)cc(OCc2nc3ccc(Oc4ccc(Cl)c(F)c4)cc3n2C)c1. The predicted octanol–water partition coefficient (Wildman–Crippen LogP) is 5.66. The number of rotatable bonds is 6. The van der Waals surface area contributed by atoms with Gasteiger partial charge in [0, 0.05) is 25.2 Å². The van der Waals surface area contributed by atoms with Gasteiger partial charge in [-0.05, 0) is 36.4 Å². The molecule has 32 heavy (non-hydrogen) atoms. The lowest BCUT2D eigenvalue weighted by Crippen LogP contribution is -2.06. The number of carbonyl (C=O) groups excluding carboxylic acids is 1. The Balaban J connectivity index is 1.54. The van der Waals surface area contributed by atoms with Gasteiger partial charge in [-0.2, -0.15) is 0 Å². The van der Waals surface area contributed by atoms with Gasteiger partial charge in [-0.15, -0.1) is 0 Å². The maximum atomic E-state index is 13.8. The summed E-state index contributed by atoms with van der Waals surface area (Å²) in [5.41, 5.74) is 1.49. The molecule has 0 fully saturated rings. The highest BCUT2D eigenvalue weighted by Crippen LogP contribution is 2.28. The van der Waals surface area contributed by atoms with Gasteiger partial charge >= 0.3 is 5.97 Å². The maximum Gasteiger partial charge on any atom is 0.338 e. The average molecular weight is 459 g/mol. The Bertz CT molecular complexity index is 1320. The molecule has 0 N–H and O–H groups in total. The van der Waals surface area contributed by atoms with E-state index < -0.39 is 17.6 Å². The molecule has 0 unspecified atom stereocenters. The molecular weight excluding hydrogens is 442 g/mol. The van der Waals surface area contributed by atoms with Crippen molar-refractivity contribution in [2.24, 2.45) is 7.05 Å². The minimum atomic E-state index is -0.662. The number of hydrogen-bond donors (Lipinski definition) is 0. The van der Waals surface area contributed by atoms with E-state index in [1.807, 2.05) is 0 Å². The Kier molecular flexibility index (Phi) is 5.96. The Morgan fingerprint density at radius 3 is 2.53 bits per heavy atom. The van der Waals surface area contributed by atoms with Crippen LogP contribution in [0, 0.1) is 11.6 Å². The first-order valence-corrected chi connectivity index (χ1v) is 9.82. The zero-order chi connectivity index (χ0) is 22.8. The topological polar surface area (TPSA) is 62.6 Å².